The van der Waals surface area contributed by atoms with Crippen molar-refractivity contribution in [3.63, 3.8) is 0 Å². The van der Waals surface area contributed by atoms with Gasteiger partial charge in [0.2, 0.25) is 0 Å². The van der Waals surface area contributed by atoms with Crippen molar-refractivity contribution in [1.29, 1.82) is 5.26 Å². The van der Waals surface area contributed by atoms with E-state index in [1.165, 1.54) is 12.7 Å². The number of carbonyl (C=O) groups excluding carboxylic acids is 1. The zero-order valence-corrected chi connectivity index (χ0v) is 14.5. The third kappa shape index (κ3) is 5.54. The fraction of sp³-hybridized carbons (Fsp3) is 0.300. The van der Waals surface area contributed by atoms with Crippen LogP contribution in [0.3, 0.4) is 0 Å². The van der Waals surface area contributed by atoms with Crippen LogP contribution in [0, 0.1) is 11.3 Å². The Balaban J connectivity index is 1.77. The average Bonchev–Trinajstić information content (AvgIpc) is 2.65. The number of methoxy groups -OCH3 is 1. The van der Waals surface area contributed by atoms with Gasteiger partial charge in [-0.1, -0.05) is 19.1 Å². The molecule has 0 fully saturated rings. The molecule has 0 aliphatic carbocycles. The number of benzene rings is 2. The minimum Gasteiger partial charge on any atom is -0.493 e. The van der Waals surface area contributed by atoms with Gasteiger partial charge in [-0.25, -0.2) is 0 Å². The monoisotopic (exact) mass is 339 g/mol. The van der Waals surface area contributed by atoms with Gasteiger partial charge in [0.05, 0.1) is 25.3 Å². The van der Waals surface area contributed by atoms with Crippen molar-refractivity contribution < 1.29 is 19.0 Å². The van der Waals surface area contributed by atoms with Gasteiger partial charge in [0, 0.05) is 12.5 Å². The second kappa shape index (κ2) is 9.33. The quantitative estimate of drug-likeness (QED) is 0.414. The summed E-state index contributed by atoms with van der Waals surface area (Å²) in [6, 6.07) is 14.5. The number of rotatable bonds is 8. The summed E-state index contributed by atoms with van der Waals surface area (Å²) in [5.74, 6) is 1.30. The molecule has 0 atom stereocenters. The van der Waals surface area contributed by atoms with E-state index in [1.807, 2.05) is 18.2 Å². The maximum absolute atomic E-state index is 11.8. The minimum absolute atomic E-state index is 0.258. The van der Waals surface area contributed by atoms with Gasteiger partial charge in [-0.15, -0.1) is 0 Å². The molecule has 5 nitrogen and oxygen atoms in total. The van der Waals surface area contributed by atoms with E-state index in [9.17, 15) is 4.79 Å². The van der Waals surface area contributed by atoms with Crippen molar-refractivity contribution in [3.05, 3.63) is 53.6 Å². The van der Waals surface area contributed by atoms with E-state index in [4.69, 9.17) is 19.5 Å². The first-order valence-electron chi connectivity index (χ1n) is 8.16. The molecule has 0 aliphatic heterocycles. The third-order valence-electron chi connectivity index (χ3n) is 3.64. The maximum atomic E-state index is 11.8. The summed E-state index contributed by atoms with van der Waals surface area (Å²) in [6.45, 7) is 2.43. The summed E-state index contributed by atoms with van der Waals surface area (Å²) in [4.78, 5) is 11.8. The van der Waals surface area contributed by atoms with Crippen molar-refractivity contribution in [3.8, 4) is 23.3 Å². The summed E-state index contributed by atoms with van der Waals surface area (Å²) >= 11 is 0. The molecule has 2 rings (SSSR count). The SMILES string of the molecule is CCc1ccc(OC(=O)CCCOc2ccc(C#N)cc2OC)cc1. The minimum atomic E-state index is -0.292. The van der Waals surface area contributed by atoms with Crippen LogP contribution < -0.4 is 14.2 Å². The Labute approximate surface area is 147 Å². The third-order valence-corrected chi connectivity index (χ3v) is 3.64. The van der Waals surface area contributed by atoms with Crippen LogP contribution in [0.1, 0.15) is 30.9 Å². The van der Waals surface area contributed by atoms with E-state index in [-0.39, 0.29) is 12.4 Å². The van der Waals surface area contributed by atoms with Crippen LogP contribution in [0.15, 0.2) is 42.5 Å². The van der Waals surface area contributed by atoms with Crippen LogP contribution in [0.5, 0.6) is 17.2 Å². The molecule has 0 aliphatic rings. The zero-order chi connectivity index (χ0) is 18.1. The highest BCUT2D eigenvalue weighted by Gasteiger charge is 2.08. The number of esters is 1. The number of hydrogen-bond donors (Lipinski definition) is 0. The average molecular weight is 339 g/mol. The highest BCUT2D eigenvalue weighted by molar-refractivity contribution is 5.72. The Morgan fingerprint density at radius 2 is 1.88 bits per heavy atom. The lowest BCUT2D eigenvalue weighted by molar-refractivity contribution is -0.134. The van der Waals surface area contributed by atoms with Gasteiger partial charge >= 0.3 is 5.97 Å². The normalized spacial score (nSPS) is 9.96. The number of aryl methyl sites for hydroxylation is 1. The predicted octanol–water partition coefficient (Wildman–Crippen LogP) is 3.89. The molecule has 2 aromatic rings. The van der Waals surface area contributed by atoms with Crippen LogP contribution >= 0.6 is 0 Å². The molecule has 0 saturated carbocycles. The molecule has 0 amide bonds. The summed E-state index contributed by atoms with van der Waals surface area (Å²) in [7, 11) is 1.52. The molecule has 0 heterocycles. The first kappa shape index (κ1) is 18.3. The second-order valence-corrected chi connectivity index (χ2v) is 5.40. The van der Waals surface area contributed by atoms with Gasteiger partial charge in [-0.2, -0.15) is 5.26 Å². The Kier molecular flexibility index (Phi) is 6.85. The predicted molar refractivity (Wildman–Crippen MR) is 93.9 cm³/mol. The number of nitrogens with zero attached hydrogens (tertiary/aromatic N) is 1. The number of hydrogen-bond acceptors (Lipinski definition) is 5. The highest BCUT2D eigenvalue weighted by Crippen LogP contribution is 2.28. The molecule has 0 unspecified atom stereocenters. The standard InChI is InChI=1S/C20H21NO4/c1-3-15-6-9-17(10-7-15)25-20(22)5-4-12-24-18-11-8-16(14-21)13-19(18)23-2/h6-11,13H,3-5,12H2,1-2H3. The van der Waals surface area contributed by atoms with E-state index in [0.29, 0.717) is 35.8 Å². The zero-order valence-electron chi connectivity index (χ0n) is 14.5. The topological polar surface area (TPSA) is 68.5 Å². The van der Waals surface area contributed by atoms with E-state index >= 15 is 0 Å². The number of nitriles is 1. The number of ether oxygens (including phenoxy) is 3. The van der Waals surface area contributed by atoms with E-state index < -0.39 is 0 Å². The molecular weight excluding hydrogens is 318 g/mol. The molecule has 0 bridgehead atoms. The van der Waals surface area contributed by atoms with Crippen molar-refractivity contribution in [1.82, 2.24) is 0 Å². The van der Waals surface area contributed by atoms with Gasteiger partial charge in [-0.05, 0) is 42.7 Å². The molecule has 0 saturated heterocycles. The Bertz CT molecular complexity index is 747. The number of carbonyl (C=O) groups is 1. The first-order valence-corrected chi connectivity index (χ1v) is 8.16. The second-order valence-electron chi connectivity index (χ2n) is 5.40. The van der Waals surface area contributed by atoms with Crippen molar-refractivity contribution in [2.75, 3.05) is 13.7 Å². The summed E-state index contributed by atoms with van der Waals surface area (Å²) in [5.41, 5.74) is 1.70. The lowest BCUT2D eigenvalue weighted by atomic mass is 10.2. The Hall–Kier alpha value is -3.00. The fourth-order valence-corrected chi connectivity index (χ4v) is 2.23. The van der Waals surface area contributed by atoms with Gasteiger partial charge < -0.3 is 14.2 Å². The lowest BCUT2D eigenvalue weighted by Crippen LogP contribution is -2.10. The molecule has 130 valence electrons. The Morgan fingerprint density at radius 1 is 1.12 bits per heavy atom. The van der Waals surface area contributed by atoms with Crippen LogP contribution in [-0.4, -0.2) is 19.7 Å². The van der Waals surface area contributed by atoms with Gasteiger partial charge in [0.25, 0.3) is 0 Å². The first-order chi connectivity index (χ1) is 12.2. The van der Waals surface area contributed by atoms with Gasteiger partial charge in [-0.3, -0.25) is 4.79 Å². The highest BCUT2D eigenvalue weighted by atomic mass is 16.5. The van der Waals surface area contributed by atoms with Crippen molar-refractivity contribution in [2.45, 2.75) is 26.2 Å². The lowest BCUT2D eigenvalue weighted by Gasteiger charge is -2.10. The molecular formula is C20H21NO4. The van der Waals surface area contributed by atoms with Crippen LogP contribution in [0.25, 0.3) is 0 Å². The van der Waals surface area contributed by atoms with Gasteiger partial charge in [0.1, 0.15) is 5.75 Å². The van der Waals surface area contributed by atoms with E-state index in [1.54, 1.807) is 30.3 Å². The molecule has 0 spiro atoms. The summed E-state index contributed by atoms with van der Waals surface area (Å²) < 4.78 is 16.1. The smallest absolute Gasteiger partial charge is 0.311 e. The van der Waals surface area contributed by atoms with Crippen molar-refractivity contribution >= 4 is 5.97 Å². The van der Waals surface area contributed by atoms with Crippen LogP contribution in [0.4, 0.5) is 0 Å². The maximum Gasteiger partial charge on any atom is 0.311 e. The molecule has 0 N–H and O–H groups in total. The molecule has 0 radical (unpaired) electrons. The van der Waals surface area contributed by atoms with Crippen LogP contribution in [0.2, 0.25) is 0 Å². The largest absolute Gasteiger partial charge is 0.493 e. The van der Waals surface area contributed by atoms with E-state index in [0.717, 1.165) is 6.42 Å². The summed E-state index contributed by atoms with van der Waals surface area (Å²) in [6.07, 6.45) is 1.73. The molecule has 5 heteroatoms. The van der Waals surface area contributed by atoms with E-state index in [2.05, 4.69) is 6.92 Å². The fourth-order valence-electron chi connectivity index (χ4n) is 2.23. The Morgan fingerprint density at radius 3 is 2.52 bits per heavy atom. The molecule has 25 heavy (non-hydrogen) atoms. The van der Waals surface area contributed by atoms with Crippen LogP contribution in [-0.2, 0) is 11.2 Å². The molecule has 0 aromatic heterocycles. The van der Waals surface area contributed by atoms with Crippen molar-refractivity contribution in [2.24, 2.45) is 0 Å². The summed E-state index contributed by atoms with van der Waals surface area (Å²) in [5, 5.41) is 8.88. The molecule has 2 aromatic carbocycles. The van der Waals surface area contributed by atoms with Gasteiger partial charge in [0.15, 0.2) is 11.5 Å².